The van der Waals surface area contributed by atoms with E-state index in [1.54, 1.807) is 7.11 Å². The number of likely N-dealkylation sites (tertiary alicyclic amines) is 1. The Morgan fingerprint density at radius 3 is 2.56 bits per heavy atom. The van der Waals surface area contributed by atoms with E-state index in [-0.39, 0.29) is 11.9 Å². The first kappa shape index (κ1) is 15.4. The molecule has 0 unspecified atom stereocenters. The van der Waals surface area contributed by atoms with Crippen LogP contribution in [0.5, 0.6) is 0 Å². The van der Waals surface area contributed by atoms with Crippen molar-refractivity contribution < 1.29 is 19.0 Å². The van der Waals surface area contributed by atoms with E-state index in [4.69, 9.17) is 14.2 Å². The van der Waals surface area contributed by atoms with Gasteiger partial charge >= 0.3 is 5.97 Å². The molecule has 0 atom stereocenters. The first-order valence-corrected chi connectivity index (χ1v) is 6.73. The molecule has 1 heterocycles. The summed E-state index contributed by atoms with van der Waals surface area (Å²) < 4.78 is 15.4. The van der Waals surface area contributed by atoms with Crippen molar-refractivity contribution in [3.63, 3.8) is 0 Å². The van der Waals surface area contributed by atoms with E-state index >= 15 is 0 Å². The molecule has 0 bridgehead atoms. The molecule has 5 heteroatoms. The van der Waals surface area contributed by atoms with Crippen LogP contribution in [0.3, 0.4) is 0 Å². The zero-order valence-corrected chi connectivity index (χ0v) is 11.5. The Labute approximate surface area is 109 Å². The van der Waals surface area contributed by atoms with Crippen LogP contribution in [0.25, 0.3) is 0 Å². The number of ether oxygens (including phenoxy) is 3. The molecule has 18 heavy (non-hydrogen) atoms. The topological polar surface area (TPSA) is 48.0 Å². The molecule has 0 aromatic heterocycles. The summed E-state index contributed by atoms with van der Waals surface area (Å²) in [5.41, 5.74) is 0. The van der Waals surface area contributed by atoms with Gasteiger partial charge in [0.05, 0.1) is 32.3 Å². The summed E-state index contributed by atoms with van der Waals surface area (Å²) in [6.07, 6.45) is 1.80. The molecular formula is C13H25NO4. The first-order valence-electron chi connectivity index (χ1n) is 6.73. The summed E-state index contributed by atoms with van der Waals surface area (Å²) in [5, 5.41) is 0. The van der Waals surface area contributed by atoms with Crippen LogP contribution in [0.2, 0.25) is 0 Å². The van der Waals surface area contributed by atoms with Crippen molar-refractivity contribution in [2.75, 3.05) is 53.2 Å². The highest BCUT2D eigenvalue weighted by atomic mass is 16.5. The number of nitrogens with zero attached hydrogens (tertiary/aromatic N) is 1. The molecule has 0 aromatic carbocycles. The smallest absolute Gasteiger partial charge is 0.309 e. The van der Waals surface area contributed by atoms with Gasteiger partial charge in [-0.05, 0) is 32.9 Å². The highest BCUT2D eigenvalue weighted by molar-refractivity contribution is 5.72. The average molecular weight is 259 g/mol. The zero-order chi connectivity index (χ0) is 13.2. The number of esters is 1. The van der Waals surface area contributed by atoms with Crippen LogP contribution in [-0.2, 0) is 19.0 Å². The molecule has 106 valence electrons. The third-order valence-corrected chi connectivity index (χ3v) is 3.19. The highest BCUT2D eigenvalue weighted by Gasteiger charge is 2.25. The van der Waals surface area contributed by atoms with Crippen LogP contribution in [-0.4, -0.2) is 64.0 Å². The predicted octanol–water partition coefficient (Wildman–Crippen LogP) is 0.925. The van der Waals surface area contributed by atoms with E-state index in [9.17, 15) is 4.79 Å². The minimum atomic E-state index is -0.0338. The van der Waals surface area contributed by atoms with E-state index < -0.39 is 0 Å². The third-order valence-electron chi connectivity index (χ3n) is 3.19. The number of carbonyl (C=O) groups excluding carboxylic acids is 1. The standard InChI is InChI=1S/C13H25NO4/c1-3-18-13(15)12-4-6-14(7-5-12)8-9-17-11-10-16-2/h12H,3-11H2,1-2H3. The molecule has 1 fully saturated rings. The molecule has 0 radical (unpaired) electrons. The molecule has 1 aliphatic rings. The monoisotopic (exact) mass is 259 g/mol. The Kier molecular flexibility index (Phi) is 7.96. The Bertz CT molecular complexity index is 227. The molecule has 0 spiro atoms. The molecule has 0 amide bonds. The number of piperidine rings is 1. The van der Waals surface area contributed by atoms with E-state index in [0.717, 1.165) is 39.1 Å². The number of carbonyl (C=O) groups is 1. The number of rotatable bonds is 8. The van der Waals surface area contributed by atoms with Gasteiger partial charge in [0.15, 0.2) is 0 Å². The maximum Gasteiger partial charge on any atom is 0.309 e. The largest absolute Gasteiger partial charge is 0.466 e. The van der Waals surface area contributed by atoms with Gasteiger partial charge in [-0.1, -0.05) is 0 Å². The van der Waals surface area contributed by atoms with Crippen molar-refractivity contribution in [2.24, 2.45) is 5.92 Å². The third kappa shape index (κ3) is 5.80. The van der Waals surface area contributed by atoms with Crippen LogP contribution < -0.4 is 0 Å². The molecule has 5 nitrogen and oxygen atoms in total. The molecule has 1 saturated heterocycles. The lowest BCUT2D eigenvalue weighted by Crippen LogP contribution is -2.38. The van der Waals surface area contributed by atoms with Crippen molar-refractivity contribution in [1.29, 1.82) is 0 Å². The van der Waals surface area contributed by atoms with Crippen molar-refractivity contribution in [1.82, 2.24) is 4.90 Å². The maximum atomic E-state index is 11.6. The second kappa shape index (κ2) is 9.30. The molecule has 0 aliphatic carbocycles. The highest BCUT2D eigenvalue weighted by Crippen LogP contribution is 2.18. The van der Waals surface area contributed by atoms with Gasteiger partial charge in [-0.25, -0.2) is 0 Å². The summed E-state index contributed by atoms with van der Waals surface area (Å²) in [4.78, 5) is 13.9. The zero-order valence-electron chi connectivity index (χ0n) is 11.5. The normalized spacial score (nSPS) is 17.9. The van der Waals surface area contributed by atoms with Crippen LogP contribution in [0, 0.1) is 5.92 Å². The van der Waals surface area contributed by atoms with Crippen LogP contribution in [0.4, 0.5) is 0 Å². The fourth-order valence-corrected chi connectivity index (χ4v) is 2.09. The van der Waals surface area contributed by atoms with E-state index in [1.807, 2.05) is 6.92 Å². The van der Waals surface area contributed by atoms with Crippen LogP contribution >= 0.6 is 0 Å². The molecule has 0 saturated carbocycles. The minimum absolute atomic E-state index is 0.0338. The van der Waals surface area contributed by atoms with Gasteiger partial charge in [-0.2, -0.15) is 0 Å². The van der Waals surface area contributed by atoms with Gasteiger partial charge in [0.25, 0.3) is 0 Å². The SMILES string of the molecule is CCOC(=O)C1CCN(CCOCCOC)CC1. The van der Waals surface area contributed by atoms with E-state index in [1.165, 1.54) is 0 Å². The van der Waals surface area contributed by atoms with Crippen molar-refractivity contribution in [3.05, 3.63) is 0 Å². The molecule has 1 rings (SSSR count). The summed E-state index contributed by atoms with van der Waals surface area (Å²) in [6, 6.07) is 0. The van der Waals surface area contributed by atoms with Crippen molar-refractivity contribution in [3.8, 4) is 0 Å². The first-order chi connectivity index (χ1) is 8.77. The van der Waals surface area contributed by atoms with Gasteiger partial charge in [0.2, 0.25) is 0 Å². The Morgan fingerprint density at radius 2 is 1.94 bits per heavy atom. The van der Waals surface area contributed by atoms with Crippen LogP contribution in [0.1, 0.15) is 19.8 Å². The Balaban J connectivity index is 2.06. The summed E-state index contributed by atoms with van der Waals surface area (Å²) in [5.74, 6) is 0.0594. The number of hydrogen-bond donors (Lipinski definition) is 0. The Morgan fingerprint density at radius 1 is 1.22 bits per heavy atom. The molecule has 1 aliphatic heterocycles. The lowest BCUT2D eigenvalue weighted by molar-refractivity contribution is -0.149. The summed E-state index contributed by atoms with van der Waals surface area (Å²) >= 11 is 0. The predicted molar refractivity (Wildman–Crippen MR) is 68.5 cm³/mol. The van der Waals surface area contributed by atoms with Gasteiger partial charge < -0.3 is 19.1 Å². The average Bonchev–Trinajstić information content (AvgIpc) is 2.39. The molecular weight excluding hydrogens is 234 g/mol. The number of methoxy groups -OCH3 is 1. The van der Waals surface area contributed by atoms with E-state index in [2.05, 4.69) is 4.90 Å². The molecule has 0 aromatic rings. The van der Waals surface area contributed by atoms with Crippen LogP contribution in [0.15, 0.2) is 0 Å². The second-order valence-electron chi connectivity index (χ2n) is 4.47. The second-order valence-corrected chi connectivity index (χ2v) is 4.47. The summed E-state index contributed by atoms with van der Waals surface area (Å²) in [7, 11) is 1.67. The van der Waals surface area contributed by atoms with Crippen molar-refractivity contribution in [2.45, 2.75) is 19.8 Å². The Hall–Kier alpha value is -0.650. The lowest BCUT2D eigenvalue weighted by Gasteiger charge is -2.30. The van der Waals surface area contributed by atoms with Gasteiger partial charge in [-0.15, -0.1) is 0 Å². The van der Waals surface area contributed by atoms with Gasteiger partial charge in [0, 0.05) is 13.7 Å². The maximum absolute atomic E-state index is 11.6. The van der Waals surface area contributed by atoms with Gasteiger partial charge in [0.1, 0.15) is 0 Å². The molecule has 0 N–H and O–H groups in total. The van der Waals surface area contributed by atoms with Crippen molar-refractivity contribution >= 4 is 5.97 Å². The van der Waals surface area contributed by atoms with E-state index in [0.29, 0.717) is 19.8 Å². The summed E-state index contributed by atoms with van der Waals surface area (Å²) in [6.45, 7) is 7.19. The number of hydrogen-bond acceptors (Lipinski definition) is 5. The fourth-order valence-electron chi connectivity index (χ4n) is 2.09. The lowest BCUT2D eigenvalue weighted by atomic mass is 9.97. The quantitative estimate of drug-likeness (QED) is 0.479. The minimum Gasteiger partial charge on any atom is -0.466 e. The fraction of sp³-hybridized carbons (Fsp3) is 0.923. The van der Waals surface area contributed by atoms with Gasteiger partial charge in [-0.3, -0.25) is 4.79 Å².